The van der Waals surface area contributed by atoms with Crippen LogP contribution in [0, 0.1) is 18.3 Å². The van der Waals surface area contributed by atoms with E-state index in [1.807, 2.05) is 30.3 Å². The summed E-state index contributed by atoms with van der Waals surface area (Å²) in [6.45, 7) is 1.92. The third kappa shape index (κ3) is 2.83. The lowest BCUT2D eigenvalue weighted by Crippen LogP contribution is -2.57. The molecule has 0 saturated carbocycles. The maximum absolute atomic E-state index is 14.3. The van der Waals surface area contributed by atoms with E-state index in [1.165, 1.54) is 7.11 Å². The number of ether oxygens (including phenoxy) is 2. The predicted octanol–water partition coefficient (Wildman–Crippen LogP) is 2.68. The van der Waals surface area contributed by atoms with Gasteiger partial charge in [-0.25, -0.2) is 0 Å². The van der Waals surface area contributed by atoms with Crippen molar-refractivity contribution in [3.8, 4) is 5.75 Å². The Morgan fingerprint density at radius 2 is 1.85 bits per heavy atom. The lowest BCUT2D eigenvalue weighted by Gasteiger charge is -2.39. The zero-order valence-electron chi connectivity index (χ0n) is 18.0. The van der Waals surface area contributed by atoms with Gasteiger partial charge in [0, 0.05) is 17.4 Å². The van der Waals surface area contributed by atoms with Gasteiger partial charge in [-0.3, -0.25) is 19.8 Å². The molecule has 0 radical (unpaired) electrons. The summed E-state index contributed by atoms with van der Waals surface area (Å²) in [4.78, 5) is 44.9. The van der Waals surface area contributed by atoms with Gasteiger partial charge in [0.2, 0.25) is 11.8 Å². The first-order chi connectivity index (χ1) is 15.9. The summed E-state index contributed by atoms with van der Waals surface area (Å²) in [5, 5.41) is 8.55. The molecule has 166 valence electrons. The summed E-state index contributed by atoms with van der Waals surface area (Å²) >= 11 is 0. The number of esters is 1. The molecule has 2 atom stereocenters. The monoisotopic (exact) mass is 443 g/mol. The fourth-order valence-corrected chi connectivity index (χ4v) is 4.96. The van der Waals surface area contributed by atoms with Crippen molar-refractivity contribution >= 4 is 23.5 Å². The largest absolute Gasteiger partial charge is 0.468 e. The van der Waals surface area contributed by atoms with Crippen LogP contribution in [0.5, 0.6) is 5.75 Å². The van der Waals surface area contributed by atoms with E-state index in [2.05, 4.69) is 4.98 Å². The van der Waals surface area contributed by atoms with E-state index in [4.69, 9.17) is 14.9 Å². The first kappa shape index (κ1) is 20.7. The number of carbonyl (C=O) groups excluding carboxylic acids is 2. The van der Waals surface area contributed by atoms with Crippen molar-refractivity contribution in [1.29, 1.82) is 5.41 Å². The summed E-state index contributed by atoms with van der Waals surface area (Å²) in [6, 6.07) is 18.0. The highest BCUT2D eigenvalue weighted by molar-refractivity contribution is 6.18. The number of aryl methyl sites for hydroxylation is 1. The lowest BCUT2D eigenvalue weighted by molar-refractivity contribution is -0.147. The van der Waals surface area contributed by atoms with Gasteiger partial charge in [-0.1, -0.05) is 48.5 Å². The first-order valence-corrected chi connectivity index (χ1v) is 10.4. The highest BCUT2D eigenvalue weighted by Gasteiger charge is 2.65. The van der Waals surface area contributed by atoms with Crippen molar-refractivity contribution in [3.05, 3.63) is 93.4 Å². The molecule has 2 unspecified atom stereocenters. The Morgan fingerprint density at radius 3 is 2.58 bits per heavy atom. The molecule has 33 heavy (non-hydrogen) atoms. The Labute approximate surface area is 189 Å². The third-order valence-electron chi connectivity index (χ3n) is 6.26. The standard InChI is InChI=1S/C25H21N3O5/c1-14-12-18-19(22(29)27-14)25(20(21(26)33-18)23(30)32-2)16-10-6-7-11-17(16)28(24(25)31)13-15-8-4-3-5-9-15/h3-12,20,26H,13H2,1-2H3,(H,27,29). The number of hydrogen-bond acceptors (Lipinski definition) is 6. The van der Waals surface area contributed by atoms with Gasteiger partial charge in [-0.05, 0) is 24.1 Å². The Morgan fingerprint density at radius 1 is 1.15 bits per heavy atom. The van der Waals surface area contributed by atoms with Gasteiger partial charge < -0.3 is 19.4 Å². The second-order valence-corrected chi connectivity index (χ2v) is 8.15. The van der Waals surface area contributed by atoms with Crippen molar-refractivity contribution in [3.63, 3.8) is 0 Å². The fourth-order valence-electron chi connectivity index (χ4n) is 4.96. The number of benzene rings is 2. The van der Waals surface area contributed by atoms with Crippen LogP contribution >= 0.6 is 0 Å². The van der Waals surface area contributed by atoms with Crippen molar-refractivity contribution in [2.45, 2.75) is 18.9 Å². The second kappa shape index (κ2) is 7.44. The lowest BCUT2D eigenvalue weighted by atomic mass is 9.65. The molecule has 2 aliphatic heterocycles. The van der Waals surface area contributed by atoms with E-state index in [1.54, 1.807) is 42.2 Å². The zero-order chi connectivity index (χ0) is 23.3. The second-order valence-electron chi connectivity index (χ2n) is 8.15. The molecule has 8 nitrogen and oxygen atoms in total. The number of hydrogen-bond donors (Lipinski definition) is 2. The van der Waals surface area contributed by atoms with Gasteiger partial charge in [-0.2, -0.15) is 0 Å². The topological polar surface area (TPSA) is 113 Å². The van der Waals surface area contributed by atoms with Crippen LogP contribution in [-0.2, 0) is 26.3 Å². The van der Waals surface area contributed by atoms with Gasteiger partial charge in [0.25, 0.3) is 5.56 Å². The number of H-pyrrole nitrogens is 1. The van der Waals surface area contributed by atoms with Crippen LogP contribution in [0.25, 0.3) is 0 Å². The molecule has 2 aromatic carbocycles. The van der Waals surface area contributed by atoms with Crippen LogP contribution in [0.1, 0.15) is 22.4 Å². The van der Waals surface area contributed by atoms with E-state index in [9.17, 15) is 14.4 Å². The minimum absolute atomic E-state index is 0.00696. The molecular weight excluding hydrogens is 422 g/mol. The van der Waals surface area contributed by atoms with Crippen LogP contribution < -0.4 is 15.2 Å². The SMILES string of the molecule is COC(=O)C1C(=N)Oc2cc(C)[nH]c(=O)c2C12C(=O)N(Cc1ccccc1)c1ccccc12. The number of rotatable bonds is 3. The number of aromatic amines is 1. The van der Waals surface area contributed by atoms with E-state index in [0.29, 0.717) is 16.9 Å². The molecular formula is C25H21N3O5. The number of methoxy groups -OCH3 is 1. The van der Waals surface area contributed by atoms with E-state index in [-0.39, 0.29) is 17.9 Å². The predicted molar refractivity (Wildman–Crippen MR) is 121 cm³/mol. The minimum Gasteiger partial charge on any atom is -0.468 e. The summed E-state index contributed by atoms with van der Waals surface area (Å²) < 4.78 is 10.6. The Balaban J connectivity index is 1.84. The fraction of sp³-hybridized carbons (Fsp3) is 0.200. The number of amides is 1. The van der Waals surface area contributed by atoms with Crippen molar-refractivity contribution in [2.24, 2.45) is 5.92 Å². The molecule has 2 aliphatic rings. The molecule has 0 fully saturated rings. The molecule has 5 rings (SSSR count). The number of pyridine rings is 1. The zero-order valence-corrected chi connectivity index (χ0v) is 18.0. The molecule has 0 bridgehead atoms. The first-order valence-electron chi connectivity index (χ1n) is 10.4. The summed E-state index contributed by atoms with van der Waals surface area (Å²) in [5.74, 6) is -3.11. The molecule has 1 aromatic heterocycles. The summed E-state index contributed by atoms with van der Waals surface area (Å²) in [6.07, 6.45) is 0. The van der Waals surface area contributed by atoms with Gasteiger partial charge in [0.1, 0.15) is 11.2 Å². The van der Waals surface area contributed by atoms with Crippen molar-refractivity contribution in [1.82, 2.24) is 4.98 Å². The summed E-state index contributed by atoms with van der Waals surface area (Å²) in [5.41, 5.74) is 0.102. The molecule has 1 spiro atoms. The number of carbonyl (C=O) groups is 2. The average Bonchev–Trinajstić information content (AvgIpc) is 3.02. The van der Waals surface area contributed by atoms with Crippen LogP contribution in [0.2, 0.25) is 0 Å². The molecule has 0 saturated heterocycles. The Kier molecular flexibility index (Phi) is 4.67. The number of fused-ring (bicyclic) bond motifs is 4. The van der Waals surface area contributed by atoms with Gasteiger partial charge in [0.05, 0.1) is 19.2 Å². The highest BCUT2D eigenvalue weighted by atomic mass is 16.5. The number of anilines is 1. The summed E-state index contributed by atoms with van der Waals surface area (Å²) in [7, 11) is 1.19. The molecule has 0 aliphatic carbocycles. The number of nitrogens with one attached hydrogen (secondary N) is 2. The quantitative estimate of drug-likeness (QED) is 0.605. The molecule has 2 N–H and O–H groups in total. The third-order valence-corrected chi connectivity index (χ3v) is 6.26. The number of para-hydroxylation sites is 1. The van der Waals surface area contributed by atoms with Crippen LogP contribution in [0.15, 0.2) is 65.5 Å². The molecule has 3 heterocycles. The van der Waals surface area contributed by atoms with Crippen molar-refractivity contribution in [2.75, 3.05) is 12.0 Å². The minimum atomic E-state index is -1.79. The van der Waals surface area contributed by atoms with Crippen molar-refractivity contribution < 1.29 is 19.1 Å². The van der Waals surface area contributed by atoms with E-state index < -0.39 is 34.7 Å². The number of aromatic nitrogens is 1. The average molecular weight is 443 g/mol. The van der Waals surface area contributed by atoms with Gasteiger partial charge in [0.15, 0.2) is 5.92 Å². The van der Waals surface area contributed by atoms with Gasteiger partial charge in [-0.15, -0.1) is 0 Å². The molecule has 1 amide bonds. The van der Waals surface area contributed by atoms with Gasteiger partial charge >= 0.3 is 5.97 Å². The highest BCUT2D eigenvalue weighted by Crippen LogP contribution is 2.54. The van der Waals surface area contributed by atoms with Crippen LogP contribution in [-0.4, -0.2) is 29.9 Å². The number of nitrogens with zero attached hydrogens (tertiary/aromatic N) is 1. The van der Waals surface area contributed by atoms with Crippen LogP contribution in [0.4, 0.5) is 5.69 Å². The maximum Gasteiger partial charge on any atom is 0.319 e. The Bertz CT molecular complexity index is 1360. The molecule has 3 aromatic rings. The molecule has 8 heteroatoms. The van der Waals surface area contributed by atoms with E-state index in [0.717, 1.165) is 5.56 Å². The van der Waals surface area contributed by atoms with Crippen LogP contribution in [0.3, 0.4) is 0 Å². The normalized spacial score (nSPS) is 20.9. The Hall–Kier alpha value is -4.20. The van der Waals surface area contributed by atoms with E-state index >= 15 is 0 Å². The smallest absolute Gasteiger partial charge is 0.319 e. The maximum atomic E-state index is 14.3.